The number of amides is 3. The number of nitrogens with one attached hydrogen (secondary N) is 1. The number of nitrogens with two attached hydrogens (primary N) is 2. The molecule has 0 fully saturated rings. The summed E-state index contributed by atoms with van der Waals surface area (Å²) in [6.07, 6.45) is 1.35. The molecule has 0 radical (unpaired) electrons. The van der Waals surface area contributed by atoms with Crippen molar-refractivity contribution in [2.75, 3.05) is 5.32 Å². The standard InChI is InChI=1S/C17H13F2N5O2/c18-13-6-3-10(7-14(13)19)9-1-4-11(5-2-9)24-8-12(15(20)25)16(23-24)22-17(21)26/h1-8H,(H2,20,25)(H3,21,22,23,26). The highest BCUT2D eigenvalue weighted by atomic mass is 19.2. The van der Waals surface area contributed by atoms with E-state index < -0.39 is 23.6 Å². The molecule has 0 aliphatic heterocycles. The Morgan fingerprint density at radius 2 is 1.62 bits per heavy atom. The Bertz CT molecular complexity index is 999. The molecule has 3 amide bonds. The number of hydrogen-bond donors (Lipinski definition) is 3. The minimum atomic E-state index is -0.938. The van der Waals surface area contributed by atoms with Gasteiger partial charge in [-0.3, -0.25) is 10.1 Å². The molecule has 3 rings (SSSR count). The lowest BCUT2D eigenvalue weighted by Gasteiger charge is -2.05. The molecule has 0 aliphatic carbocycles. The minimum absolute atomic E-state index is 0.00604. The Morgan fingerprint density at radius 1 is 0.962 bits per heavy atom. The smallest absolute Gasteiger partial charge is 0.317 e. The molecule has 3 aromatic rings. The highest BCUT2D eigenvalue weighted by molar-refractivity contribution is 6.01. The lowest BCUT2D eigenvalue weighted by atomic mass is 10.1. The van der Waals surface area contributed by atoms with Gasteiger partial charge in [-0.25, -0.2) is 18.3 Å². The zero-order valence-corrected chi connectivity index (χ0v) is 13.2. The molecule has 9 heteroatoms. The van der Waals surface area contributed by atoms with Crippen LogP contribution in [0.1, 0.15) is 10.4 Å². The summed E-state index contributed by atoms with van der Waals surface area (Å²) in [7, 11) is 0. The molecule has 2 aromatic carbocycles. The fraction of sp³-hybridized carbons (Fsp3) is 0. The number of hydrogen-bond acceptors (Lipinski definition) is 3. The lowest BCUT2D eigenvalue weighted by Crippen LogP contribution is -2.22. The Kier molecular flexibility index (Phi) is 4.36. The zero-order valence-electron chi connectivity index (χ0n) is 13.2. The molecule has 0 spiro atoms. The summed E-state index contributed by atoms with van der Waals surface area (Å²) in [5, 5.41) is 6.29. The third-order valence-corrected chi connectivity index (χ3v) is 3.61. The topological polar surface area (TPSA) is 116 Å². The first-order chi connectivity index (χ1) is 12.3. The largest absolute Gasteiger partial charge is 0.365 e. The summed E-state index contributed by atoms with van der Waals surface area (Å²) < 4.78 is 27.7. The summed E-state index contributed by atoms with van der Waals surface area (Å²) in [5.74, 6) is -2.70. The molecular weight excluding hydrogens is 344 g/mol. The number of urea groups is 1. The molecular formula is C17H13F2N5O2. The fourth-order valence-corrected chi connectivity index (χ4v) is 2.38. The van der Waals surface area contributed by atoms with Crippen LogP contribution >= 0.6 is 0 Å². The predicted molar refractivity (Wildman–Crippen MR) is 90.6 cm³/mol. The Balaban J connectivity index is 1.94. The number of carbonyl (C=O) groups excluding carboxylic acids is 2. The first-order valence-corrected chi connectivity index (χ1v) is 7.37. The summed E-state index contributed by atoms with van der Waals surface area (Å²) >= 11 is 0. The van der Waals surface area contributed by atoms with Gasteiger partial charge in [-0.1, -0.05) is 18.2 Å². The molecule has 7 nitrogen and oxygen atoms in total. The van der Waals surface area contributed by atoms with Crippen LogP contribution in [0.5, 0.6) is 0 Å². The third-order valence-electron chi connectivity index (χ3n) is 3.61. The summed E-state index contributed by atoms with van der Waals surface area (Å²) in [4.78, 5) is 22.5. The second kappa shape index (κ2) is 6.63. The van der Waals surface area contributed by atoms with E-state index in [1.54, 1.807) is 24.3 Å². The van der Waals surface area contributed by atoms with E-state index in [1.807, 2.05) is 0 Å². The zero-order chi connectivity index (χ0) is 18.8. The van der Waals surface area contributed by atoms with E-state index in [9.17, 15) is 18.4 Å². The first-order valence-electron chi connectivity index (χ1n) is 7.37. The van der Waals surface area contributed by atoms with Crippen LogP contribution in [-0.4, -0.2) is 21.7 Å². The maximum absolute atomic E-state index is 13.4. The highest BCUT2D eigenvalue weighted by Crippen LogP contribution is 2.24. The number of benzene rings is 2. The molecule has 0 saturated carbocycles. The molecule has 132 valence electrons. The van der Waals surface area contributed by atoms with Crippen molar-refractivity contribution in [2.24, 2.45) is 11.5 Å². The molecule has 0 saturated heterocycles. The average molecular weight is 357 g/mol. The van der Waals surface area contributed by atoms with Gasteiger partial charge in [0.15, 0.2) is 17.5 Å². The highest BCUT2D eigenvalue weighted by Gasteiger charge is 2.16. The number of primary amides is 2. The molecule has 0 aliphatic rings. The third kappa shape index (κ3) is 3.36. The maximum atomic E-state index is 13.4. The van der Waals surface area contributed by atoms with Gasteiger partial charge in [0.25, 0.3) is 5.91 Å². The van der Waals surface area contributed by atoms with Crippen LogP contribution in [0.2, 0.25) is 0 Å². The van der Waals surface area contributed by atoms with Crippen LogP contribution in [0.3, 0.4) is 0 Å². The molecule has 1 heterocycles. The SMILES string of the molecule is NC(=O)Nc1nn(-c2ccc(-c3ccc(F)c(F)c3)cc2)cc1C(N)=O. The van der Waals surface area contributed by atoms with E-state index in [0.29, 0.717) is 16.8 Å². The van der Waals surface area contributed by atoms with Crippen molar-refractivity contribution < 1.29 is 18.4 Å². The van der Waals surface area contributed by atoms with Crippen molar-refractivity contribution in [2.45, 2.75) is 0 Å². The number of nitrogens with zero attached hydrogens (tertiary/aromatic N) is 2. The predicted octanol–water partition coefficient (Wildman–Crippen LogP) is 2.41. The molecule has 1 aromatic heterocycles. The normalized spacial score (nSPS) is 10.5. The molecule has 0 bridgehead atoms. The van der Waals surface area contributed by atoms with Crippen LogP contribution in [0, 0.1) is 11.6 Å². The lowest BCUT2D eigenvalue weighted by molar-refractivity contribution is 0.100. The molecule has 26 heavy (non-hydrogen) atoms. The quantitative estimate of drug-likeness (QED) is 0.666. The number of carbonyl (C=O) groups is 2. The number of halogens is 2. The van der Waals surface area contributed by atoms with E-state index in [2.05, 4.69) is 10.4 Å². The van der Waals surface area contributed by atoms with E-state index in [0.717, 1.165) is 12.1 Å². The molecule has 0 unspecified atom stereocenters. The van der Waals surface area contributed by atoms with Gasteiger partial charge in [-0.2, -0.15) is 0 Å². The first kappa shape index (κ1) is 17.1. The van der Waals surface area contributed by atoms with E-state index in [1.165, 1.54) is 16.9 Å². The minimum Gasteiger partial charge on any atom is -0.365 e. The second-order valence-electron chi connectivity index (χ2n) is 5.37. The van der Waals surface area contributed by atoms with E-state index in [-0.39, 0.29) is 11.4 Å². The van der Waals surface area contributed by atoms with Gasteiger partial charge in [0, 0.05) is 6.20 Å². The van der Waals surface area contributed by atoms with Crippen molar-refractivity contribution >= 4 is 17.8 Å². The number of anilines is 1. The monoisotopic (exact) mass is 357 g/mol. The number of rotatable bonds is 4. The molecule has 0 atom stereocenters. The van der Waals surface area contributed by atoms with Crippen molar-refractivity contribution in [1.29, 1.82) is 0 Å². The van der Waals surface area contributed by atoms with Crippen molar-refractivity contribution in [3.63, 3.8) is 0 Å². The fourth-order valence-electron chi connectivity index (χ4n) is 2.38. The van der Waals surface area contributed by atoms with Crippen molar-refractivity contribution in [3.8, 4) is 16.8 Å². The summed E-state index contributed by atoms with van der Waals surface area (Å²) in [6.45, 7) is 0. The van der Waals surface area contributed by atoms with Gasteiger partial charge in [0.1, 0.15) is 5.56 Å². The second-order valence-corrected chi connectivity index (χ2v) is 5.37. The number of aromatic nitrogens is 2. The summed E-state index contributed by atoms with van der Waals surface area (Å²) in [6, 6.07) is 9.38. The van der Waals surface area contributed by atoms with Crippen LogP contribution < -0.4 is 16.8 Å². The summed E-state index contributed by atoms with van der Waals surface area (Å²) in [5.41, 5.74) is 12.0. The Morgan fingerprint density at radius 3 is 2.19 bits per heavy atom. The Labute approximate surface area is 146 Å². The van der Waals surface area contributed by atoms with E-state index >= 15 is 0 Å². The maximum Gasteiger partial charge on any atom is 0.317 e. The average Bonchev–Trinajstić information content (AvgIpc) is 3.01. The van der Waals surface area contributed by atoms with Gasteiger partial charge >= 0.3 is 6.03 Å². The van der Waals surface area contributed by atoms with Crippen LogP contribution in [0.4, 0.5) is 19.4 Å². The van der Waals surface area contributed by atoms with Gasteiger partial charge < -0.3 is 11.5 Å². The Hall–Kier alpha value is -3.75. The van der Waals surface area contributed by atoms with Crippen LogP contribution in [0.15, 0.2) is 48.7 Å². The van der Waals surface area contributed by atoms with Gasteiger partial charge in [0.2, 0.25) is 0 Å². The van der Waals surface area contributed by atoms with Crippen molar-refractivity contribution in [3.05, 3.63) is 65.9 Å². The van der Waals surface area contributed by atoms with Crippen LogP contribution in [0.25, 0.3) is 16.8 Å². The van der Waals surface area contributed by atoms with Gasteiger partial charge in [0.05, 0.1) is 5.69 Å². The molecule has 5 N–H and O–H groups in total. The van der Waals surface area contributed by atoms with Crippen LogP contribution in [-0.2, 0) is 0 Å². The van der Waals surface area contributed by atoms with E-state index in [4.69, 9.17) is 11.5 Å². The van der Waals surface area contributed by atoms with Gasteiger partial charge in [-0.05, 0) is 35.4 Å². The van der Waals surface area contributed by atoms with Gasteiger partial charge in [-0.15, -0.1) is 5.10 Å². The van der Waals surface area contributed by atoms with Crippen molar-refractivity contribution in [1.82, 2.24) is 9.78 Å².